The topological polar surface area (TPSA) is 49.3 Å². The second-order valence-corrected chi connectivity index (χ2v) is 4.89. The van der Waals surface area contributed by atoms with E-state index in [1.54, 1.807) is 13.8 Å². The molecule has 0 aliphatic heterocycles. The highest BCUT2D eigenvalue weighted by Crippen LogP contribution is 2.12. The second kappa shape index (κ2) is 5.96. The third-order valence-electron chi connectivity index (χ3n) is 2.85. The fourth-order valence-electron chi connectivity index (χ4n) is 1.87. The van der Waals surface area contributed by atoms with Crippen molar-refractivity contribution in [2.24, 2.45) is 0 Å². The summed E-state index contributed by atoms with van der Waals surface area (Å²) in [5.41, 5.74) is 0.115. The molecule has 18 heavy (non-hydrogen) atoms. The number of hydrogen-bond acceptors (Lipinski definition) is 2. The van der Waals surface area contributed by atoms with Crippen LogP contribution in [0, 0.1) is 12.7 Å². The molecule has 0 bridgehead atoms. The summed E-state index contributed by atoms with van der Waals surface area (Å²) in [6.45, 7) is 5.54. The Hall–Kier alpha value is -1.42. The molecule has 3 nitrogen and oxygen atoms in total. The van der Waals surface area contributed by atoms with Gasteiger partial charge < -0.3 is 10.4 Å². The van der Waals surface area contributed by atoms with Crippen molar-refractivity contribution in [3.8, 4) is 0 Å². The number of carbonyl (C=O) groups is 1. The van der Waals surface area contributed by atoms with E-state index in [4.69, 9.17) is 0 Å². The van der Waals surface area contributed by atoms with E-state index in [1.165, 1.54) is 18.2 Å². The summed E-state index contributed by atoms with van der Waals surface area (Å²) in [7, 11) is 0. The first-order chi connectivity index (χ1) is 8.35. The van der Waals surface area contributed by atoms with E-state index in [0.29, 0.717) is 17.5 Å². The van der Waals surface area contributed by atoms with Crippen LogP contribution in [0.1, 0.15) is 42.6 Å². The van der Waals surface area contributed by atoms with Crippen LogP contribution in [-0.4, -0.2) is 23.2 Å². The zero-order valence-corrected chi connectivity index (χ0v) is 11.1. The van der Waals surface area contributed by atoms with Crippen LogP contribution >= 0.6 is 0 Å². The molecule has 1 atom stereocenters. The van der Waals surface area contributed by atoms with Gasteiger partial charge in [0.2, 0.25) is 0 Å². The number of aryl methyl sites for hydroxylation is 1. The van der Waals surface area contributed by atoms with Crippen molar-refractivity contribution in [2.75, 3.05) is 6.54 Å². The molecule has 1 unspecified atom stereocenters. The molecule has 1 rings (SSSR count). The summed E-state index contributed by atoms with van der Waals surface area (Å²) >= 11 is 0. The summed E-state index contributed by atoms with van der Waals surface area (Å²) in [6, 6.07) is 4.03. The lowest BCUT2D eigenvalue weighted by Gasteiger charge is -2.23. The second-order valence-electron chi connectivity index (χ2n) is 4.89. The molecule has 0 spiro atoms. The highest BCUT2D eigenvalue weighted by atomic mass is 19.1. The van der Waals surface area contributed by atoms with Crippen molar-refractivity contribution in [3.63, 3.8) is 0 Å². The molecule has 0 saturated heterocycles. The van der Waals surface area contributed by atoms with Gasteiger partial charge in [-0.25, -0.2) is 4.39 Å². The van der Waals surface area contributed by atoms with E-state index < -0.39 is 5.60 Å². The summed E-state index contributed by atoms with van der Waals surface area (Å²) < 4.78 is 12.9. The number of nitrogens with one attached hydrogen (secondary N) is 1. The largest absolute Gasteiger partial charge is 0.388 e. The van der Waals surface area contributed by atoms with Crippen LogP contribution < -0.4 is 5.32 Å². The Morgan fingerprint density at radius 2 is 2.17 bits per heavy atom. The third kappa shape index (κ3) is 4.11. The Balaban J connectivity index is 2.66. The average Bonchev–Trinajstić information content (AvgIpc) is 2.26. The quantitative estimate of drug-likeness (QED) is 0.846. The summed E-state index contributed by atoms with van der Waals surface area (Å²) in [4.78, 5) is 11.9. The smallest absolute Gasteiger partial charge is 0.251 e. The van der Waals surface area contributed by atoms with Crippen molar-refractivity contribution in [1.29, 1.82) is 0 Å². The molecule has 4 heteroatoms. The molecule has 0 aromatic heterocycles. The van der Waals surface area contributed by atoms with Crippen molar-refractivity contribution in [1.82, 2.24) is 5.32 Å². The van der Waals surface area contributed by atoms with Gasteiger partial charge in [0.1, 0.15) is 5.82 Å². The van der Waals surface area contributed by atoms with E-state index in [0.717, 1.165) is 6.42 Å². The minimum Gasteiger partial charge on any atom is -0.388 e. The van der Waals surface area contributed by atoms with Crippen molar-refractivity contribution < 1.29 is 14.3 Å². The van der Waals surface area contributed by atoms with E-state index in [1.807, 2.05) is 6.92 Å². The standard InChI is InChI=1S/C14H20FNO2/c1-4-7-14(3,18)9-16-13(17)12-6-5-11(15)8-10(12)2/h5-6,8,18H,4,7,9H2,1-3H3,(H,16,17). The molecule has 100 valence electrons. The van der Waals surface area contributed by atoms with Gasteiger partial charge >= 0.3 is 0 Å². The Kier molecular flexibility index (Phi) is 4.84. The predicted molar refractivity (Wildman–Crippen MR) is 69.0 cm³/mol. The van der Waals surface area contributed by atoms with Gasteiger partial charge in [0.15, 0.2) is 0 Å². The van der Waals surface area contributed by atoms with Crippen LogP contribution in [0.2, 0.25) is 0 Å². The molecule has 0 fully saturated rings. The lowest BCUT2D eigenvalue weighted by atomic mass is 10.0. The number of hydrogen-bond donors (Lipinski definition) is 2. The van der Waals surface area contributed by atoms with Crippen LogP contribution in [0.5, 0.6) is 0 Å². The van der Waals surface area contributed by atoms with Crippen molar-refractivity contribution in [2.45, 2.75) is 39.2 Å². The Labute approximate surface area is 107 Å². The Bertz CT molecular complexity index is 430. The maximum Gasteiger partial charge on any atom is 0.251 e. The van der Waals surface area contributed by atoms with Gasteiger partial charge in [0.05, 0.1) is 5.60 Å². The molecule has 0 aliphatic carbocycles. The van der Waals surface area contributed by atoms with Crippen molar-refractivity contribution in [3.05, 3.63) is 35.1 Å². The lowest BCUT2D eigenvalue weighted by molar-refractivity contribution is 0.0469. The van der Waals surface area contributed by atoms with Gasteiger partial charge in [0, 0.05) is 12.1 Å². The number of rotatable bonds is 5. The highest BCUT2D eigenvalue weighted by Gasteiger charge is 2.20. The highest BCUT2D eigenvalue weighted by molar-refractivity contribution is 5.95. The van der Waals surface area contributed by atoms with Crippen LogP contribution in [-0.2, 0) is 0 Å². The number of carbonyl (C=O) groups excluding carboxylic acids is 1. The Morgan fingerprint density at radius 1 is 1.50 bits per heavy atom. The first-order valence-corrected chi connectivity index (χ1v) is 6.12. The summed E-state index contributed by atoms with van der Waals surface area (Å²) in [6.07, 6.45) is 1.47. The average molecular weight is 253 g/mol. The zero-order chi connectivity index (χ0) is 13.8. The van der Waals surface area contributed by atoms with Gasteiger partial charge in [-0.3, -0.25) is 4.79 Å². The van der Waals surface area contributed by atoms with Crippen LogP contribution in [0.4, 0.5) is 4.39 Å². The first kappa shape index (κ1) is 14.6. The van der Waals surface area contributed by atoms with Gasteiger partial charge in [-0.15, -0.1) is 0 Å². The monoisotopic (exact) mass is 253 g/mol. The molecule has 1 aromatic rings. The molecular formula is C14H20FNO2. The minimum atomic E-state index is -0.904. The van der Waals surface area contributed by atoms with E-state index >= 15 is 0 Å². The molecular weight excluding hydrogens is 233 g/mol. The number of aliphatic hydroxyl groups is 1. The molecule has 0 aliphatic rings. The fraction of sp³-hybridized carbons (Fsp3) is 0.500. The number of amides is 1. The van der Waals surface area contributed by atoms with Gasteiger partial charge in [-0.2, -0.15) is 0 Å². The third-order valence-corrected chi connectivity index (χ3v) is 2.85. The van der Waals surface area contributed by atoms with E-state index in [2.05, 4.69) is 5.32 Å². The maximum absolute atomic E-state index is 12.9. The van der Waals surface area contributed by atoms with E-state index in [-0.39, 0.29) is 18.3 Å². The molecule has 1 aromatic carbocycles. The first-order valence-electron chi connectivity index (χ1n) is 6.12. The fourth-order valence-corrected chi connectivity index (χ4v) is 1.87. The number of halogens is 1. The number of benzene rings is 1. The summed E-state index contributed by atoms with van der Waals surface area (Å²) in [5.74, 6) is -0.647. The SMILES string of the molecule is CCCC(C)(O)CNC(=O)c1ccc(F)cc1C. The normalized spacial score (nSPS) is 14.1. The van der Waals surface area contributed by atoms with Gasteiger partial charge in [-0.05, 0) is 44.0 Å². The minimum absolute atomic E-state index is 0.191. The maximum atomic E-state index is 12.9. The van der Waals surface area contributed by atoms with Gasteiger partial charge in [0.25, 0.3) is 5.91 Å². The van der Waals surface area contributed by atoms with E-state index in [9.17, 15) is 14.3 Å². The van der Waals surface area contributed by atoms with Gasteiger partial charge in [-0.1, -0.05) is 13.3 Å². The zero-order valence-electron chi connectivity index (χ0n) is 11.1. The van der Waals surface area contributed by atoms with Crippen LogP contribution in [0.25, 0.3) is 0 Å². The molecule has 0 radical (unpaired) electrons. The molecule has 2 N–H and O–H groups in total. The van der Waals surface area contributed by atoms with Crippen LogP contribution in [0.15, 0.2) is 18.2 Å². The van der Waals surface area contributed by atoms with Crippen LogP contribution in [0.3, 0.4) is 0 Å². The summed E-state index contributed by atoms with van der Waals surface area (Å²) in [5, 5.41) is 12.6. The Morgan fingerprint density at radius 3 is 2.72 bits per heavy atom. The molecule has 0 saturated carbocycles. The van der Waals surface area contributed by atoms with Crippen molar-refractivity contribution >= 4 is 5.91 Å². The predicted octanol–water partition coefficient (Wildman–Crippen LogP) is 2.42. The lowest BCUT2D eigenvalue weighted by Crippen LogP contribution is -2.40. The molecule has 1 amide bonds. The molecule has 0 heterocycles.